The molecule has 0 fully saturated rings. The number of anilines is 2. The van der Waals surface area contributed by atoms with Gasteiger partial charge in [0.1, 0.15) is 0 Å². The Morgan fingerprint density at radius 1 is 1.06 bits per heavy atom. The largest absolute Gasteiger partial charge is 0.468 e. The molecule has 182 valence electrons. The summed E-state index contributed by atoms with van der Waals surface area (Å²) in [6, 6.07) is 18.9. The molecule has 2 atom stereocenters. The van der Waals surface area contributed by atoms with Crippen molar-refractivity contribution < 1.29 is 27.5 Å². The van der Waals surface area contributed by atoms with Gasteiger partial charge >= 0.3 is 6.18 Å². The van der Waals surface area contributed by atoms with E-state index in [1.807, 2.05) is 61.5 Å². The van der Waals surface area contributed by atoms with Gasteiger partial charge in [0.05, 0.1) is 11.6 Å². The number of carbonyl (C=O) groups excluding carboxylic acids is 2. The van der Waals surface area contributed by atoms with E-state index in [0.717, 1.165) is 11.3 Å². The quantitative estimate of drug-likeness (QED) is 0.477. The molecule has 0 bridgehead atoms. The molecule has 1 aliphatic heterocycles. The first kappa shape index (κ1) is 24.3. The Morgan fingerprint density at radius 2 is 1.74 bits per heavy atom. The highest BCUT2D eigenvalue weighted by atomic mass is 19.4. The molecule has 0 N–H and O–H groups in total. The Kier molecular flexibility index (Phi) is 6.77. The standard InChI is InChI=1S/C26H24F3N3O3/c1-17-14-23(32(18(2)33)20-8-4-3-5-9-20)21-10-6-7-11-22(21)31(17)25(34)19-12-13-24(30-15-19)35-16-26(27,28)29/h3-13,15,17,23H,14,16H2,1-2H3/t17-,23+/m0/s1. The summed E-state index contributed by atoms with van der Waals surface area (Å²) < 4.78 is 41.8. The molecule has 0 unspecified atom stereocenters. The molecule has 0 saturated carbocycles. The van der Waals surface area contributed by atoms with Crippen LogP contribution in [0.15, 0.2) is 72.9 Å². The van der Waals surface area contributed by atoms with E-state index in [9.17, 15) is 22.8 Å². The summed E-state index contributed by atoms with van der Waals surface area (Å²) in [4.78, 5) is 33.4. The Hall–Kier alpha value is -3.88. The zero-order valence-corrected chi connectivity index (χ0v) is 19.2. The second kappa shape index (κ2) is 9.77. The van der Waals surface area contributed by atoms with Gasteiger partial charge in [-0.05, 0) is 43.2 Å². The lowest BCUT2D eigenvalue weighted by Crippen LogP contribution is -2.47. The van der Waals surface area contributed by atoms with E-state index in [2.05, 4.69) is 9.72 Å². The monoisotopic (exact) mass is 483 g/mol. The highest BCUT2D eigenvalue weighted by molar-refractivity contribution is 6.07. The number of rotatable bonds is 5. The molecular weight excluding hydrogens is 459 g/mol. The predicted octanol–water partition coefficient (Wildman–Crippen LogP) is 5.56. The number of nitrogens with zero attached hydrogens (tertiary/aromatic N) is 3. The summed E-state index contributed by atoms with van der Waals surface area (Å²) in [6.45, 7) is 1.96. The van der Waals surface area contributed by atoms with Crippen molar-refractivity contribution in [2.24, 2.45) is 0 Å². The summed E-state index contributed by atoms with van der Waals surface area (Å²) in [5.41, 5.74) is 2.48. The molecule has 0 saturated heterocycles. The fraction of sp³-hybridized carbons (Fsp3) is 0.269. The van der Waals surface area contributed by atoms with Crippen LogP contribution in [0.3, 0.4) is 0 Å². The normalized spacial score (nSPS) is 17.5. The topological polar surface area (TPSA) is 62.7 Å². The van der Waals surface area contributed by atoms with Gasteiger partial charge in [-0.25, -0.2) is 4.98 Å². The lowest BCUT2D eigenvalue weighted by atomic mass is 9.89. The summed E-state index contributed by atoms with van der Waals surface area (Å²) >= 11 is 0. The first-order valence-corrected chi connectivity index (χ1v) is 11.1. The van der Waals surface area contributed by atoms with Crippen LogP contribution in [0.1, 0.15) is 42.2 Å². The average molecular weight is 483 g/mol. The van der Waals surface area contributed by atoms with Gasteiger partial charge in [0.25, 0.3) is 5.91 Å². The van der Waals surface area contributed by atoms with Crippen molar-refractivity contribution in [1.82, 2.24) is 4.98 Å². The lowest BCUT2D eigenvalue weighted by molar-refractivity contribution is -0.154. The van der Waals surface area contributed by atoms with Crippen LogP contribution in [0.2, 0.25) is 0 Å². The number of alkyl halides is 3. The zero-order chi connectivity index (χ0) is 25.2. The molecule has 2 amide bonds. The molecule has 35 heavy (non-hydrogen) atoms. The molecule has 9 heteroatoms. The minimum absolute atomic E-state index is 0.110. The Bertz CT molecular complexity index is 1200. The molecule has 0 radical (unpaired) electrons. The average Bonchev–Trinajstić information content (AvgIpc) is 2.83. The van der Waals surface area contributed by atoms with Crippen LogP contribution in [0.4, 0.5) is 24.5 Å². The van der Waals surface area contributed by atoms with Gasteiger partial charge in [0.15, 0.2) is 6.61 Å². The van der Waals surface area contributed by atoms with Crippen LogP contribution < -0.4 is 14.5 Å². The van der Waals surface area contributed by atoms with E-state index in [0.29, 0.717) is 12.1 Å². The molecule has 2 aromatic carbocycles. The van der Waals surface area contributed by atoms with Crippen LogP contribution in [0, 0.1) is 0 Å². The Labute approximate surface area is 200 Å². The minimum atomic E-state index is -4.48. The second-order valence-electron chi connectivity index (χ2n) is 8.35. The van der Waals surface area contributed by atoms with Crippen LogP contribution >= 0.6 is 0 Å². The van der Waals surface area contributed by atoms with Gasteiger partial charge in [0, 0.05) is 36.6 Å². The number of para-hydroxylation sites is 2. The fourth-order valence-electron chi connectivity index (χ4n) is 4.39. The molecule has 4 rings (SSSR count). The first-order chi connectivity index (χ1) is 16.7. The summed E-state index contributed by atoms with van der Waals surface area (Å²) in [5.74, 6) is -0.667. The zero-order valence-electron chi connectivity index (χ0n) is 19.2. The molecule has 2 heterocycles. The number of ether oxygens (including phenoxy) is 1. The van der Waals surface area contributed by atoms with E-state index < -0.39 is 12.8 Å². The molecule has 6 nitrogen and oxygen atoms in total. The third-order valence-corrected chi connectivity index (χ3v) is 5.83. The van der Waals surface area contributed by atoms with E-state index in [1.54, 1.807) is 9.80 Å². The molecule has 1 aromatic heterocycles. The maximum Gasteiger partial charge on any atom is 0.422 e. The third kappa shape index (κ3) is 5.29. The number of amides is 2. The van der Waals surface area contributed by atoms with Gasteiger partial charge in [0.2, 0.25) is 11.8 Å². The van der Waals surface area contributed by atoms with Crippen LogP contribution in [0.25, 0.3) is 0 Å². The SMILES string of the molecule is CC(=O)N(c1ccccc1)[C@@H]1C[C@H](C)N(C(=O)c2ccc(OCC(F)(F)F)nc2)c2ccccc21. The maximum atomic E-state index is 13.5. The van der Waals surface area contributed by atoms with Crippen molar-refractivity contribution in [1.29, 1.82) is 0 Å². The number of carbonyl (C=O) groups is 2. The van der Waals surface area contributed by atoms with Gasteiger partial charge < -0.3 is 14.5 Å². The van der Waals surface area contributed by atoms with Crippen molar-refractivity contribution >= 4 is 23.2 Å². The number of hydrogen-bond donors (Lipinski definition) is 0. The van der Waals surface area contributed by atoms with Gasteiger partial charge in [-0.3, -0.25) is 9.59 Å². The Morgan fingerprint density at radius 3 is 2.37 bits per heavy atom. The number of fused-ring (bicyclic) bond motifs is 1. The molecular formula is C26H24F3N3O3. The number of halogens is 3. The van der Waals surface area contributed by atoms with Crippen LogP contribution in [-0.4, -0.2) is 35.6 Å². The molecule has 0 aliphatic carbocycles. The van der Waals surface area contributed by atoms with E-state index in [1.165, 1.54) is 25.3 Å². The van der Waals surface area contributed by atoms with Gasteiger partial charge in [-0.2, -0.15) is 13.2 Å². The number of aromatic nitrogens is 1. The van der Waals surface area contributed by atoms with Crippen LogP contribution in [0.5, 0.6) is 5.88 Å². The number of benzene rings is 2. The number of hydrogen-bond acceptors (Lipinski definition) is 4. The first-order valence-electron chi connectivity index (χ1n) is 11.1. The van der Waals surface area contributed by atoms with Gasteiger partial charge in [-0.1, -0.05) is 36.4 Å². The molecule has 1 aliphatic rings. The van der Waals surface area contributed by atoms with E-state index in [-0.39, 0.29) is 35.3 Å². The fourth-order valence-corrected chi connectivity index (χ4v) is 4.39. The Balaban J connectivity index is 1.64. The maximum absolute atomic E-state index is 13.5. The van der Waals surface area contributed by atoms with Gasteiger partial charge in [-0.15, -0.1) is 0 Å². The molecule has 0 spiro atoms. The smallest absolute Gasteiger partial charge is 0.422 e. The van der Waals surface area contributed by atoms with Crippen molar-refractivity contribution in [2.45, 2.75) is 38.5 Å². The van der Waals surface area contributed by atoms with Crippen molar-refractivity contribution in [3.05, 3.63) is 84.1 Å². The summed E-state index contributed by atoms with van der Waals surface area (Å²) in [7, 11) is 0. The highest BCUT2D eigenvalue weighted by Gasteiger charge is 2.38. The molecule has 3 aromatic rings. The van der Waals surface area contributed by atoms with Crippen molar-refractivity contribution in [3.63, 3.8) is 0 Å². The predicted molar refractivity (Wildman–Crippen MR) is 125 cm³/mol. The van der Waals surface area contributed by atoms with E-state index in [4.69, 9.17) is 0 Å². The number of pyridine rings is 1. The van der Waals surface area contributed by atoms with Crippen molar-refractivity contribution in [2.75, 3.05) is 16.4 Å². The van der Waals surface area contributed by atoms with Crippen molar-refractivity contribution in [3.8, 4) is 5.88 Å². The lowest BCUT2D eigenvalue weighted by Gasteiger charge is -2.43. The summed E-state index contributed by atoms with van der Waals surface area (Å²) in [6.07, 6.45) is -2.77. The second-order valence-corrected chi connectivity index (χ2v) is 8.35. The summed E-state index contributed by atoms with van der Waals surface area (Å²) in [5, 5.41) is 0. The van der Waals surface area contributed by atoms with Crippen LogP contribution in [-0.2, 0) is 4.79 Å². The third-order valence-electron chi connectivity index (χ3n) is 5.83. The van der Waals surface area contributed by atoms with E-state index >= 15 is 0 Å². The highest BCUT2D eigenvalue weighted by Crippen LogP contribution is 2.42. The minimum Gasteiger partial charge on any atom is -0.468 e.